The summed E-state index contributed by atoms with van der Waals surface area (Å²) in [4.78, 5) is 25.1. The Morgan fingerprint density at radius 2 is 2.09 bits per heavy atom. The first-order valence-electron chi connectivity index (χ1n) is 7.41. The first-order chi connectivity index (χ1) is 11.0. The Morgan fingerprint density at radius 3 is 2.70 bits per heavy atom. The second-order valence-electron chi connectivity index (χ2n) is 5.58. The number of hydrogen-bond donors (Lipinski definition) is 1. The van der Waals surface area contributed by atoms with Gasteiger partial charge in [-0.2, -0.15) is 0 Å². The van der Waals surface area contributed by atoms with E-state index in [9.17, 15) is 9.59 Å². The van der Waals surface area contributed by atoms with Crippen molar-refractivity contribution in [3.8, 4) is 0 Å². The molecule has 1 aromatic carbocycles. The van der Waals surface area contributed by atoms with Crippen LogP contribution in [0.15, 0.2) is 28.7 Å². The Balaban J connectivity index is 2.16. The number of carbonyl (C=O) groups excluding carboxylic acids is 2. The lowest BCUT2D eigenvalue weighted by Gasteiger charge is -2.39. The van der Waals surface area contributed by atoms with Crippen LogP contribution in [-0.2, 0) is 19.8 Å². The Morgan fingerprint density at radius 1 is 1.39 bits per heavy atom. The zero-order valence-corrected chi connectivity index (χ0v) is 14.9. The molecule has 1 aliphatic rings. The topological polar surface area (TPSA) is 67.9 Å². The fourth-order valence-electron chi connectivity index (χ4n) is 2.73. The van der Waals surface area contributed by atoms with E-state index in [0.717, 1.165) is 10.0 Å². The van der Waals surface area contributed by atoms with E-state index in [1.54, 1.807) is 0 Å². The highest BCUT2D eigenvalue weighted by atomic mass is 79.9. The Kier molecular flexibility index (Phi) is 6.01. The van der Waals surface area contributed by atoms with Gasteiger partial charge in [0.15, 0.2) is 0 Å². The fraction of sp³-hybridized carbons (Fsp3) is 0.500. The van der Waals surface area contributed by atoms with Gasteiger partial charge in [-0.1, -0.05) is 28.1 Å². The van der Waals surface area contributed by atoms with Crippen molar-refractivity contribution in [3.63, 3.8) is 0 Å². The van der Waals surface area contributed by atoms with Crippen LogP contribution in [-0.4, -0.2) is 50.8 Å². The molecule has 6 nitrogen and oxygen atoms in total. The van der Waals surface area contributed by atoms with Crippen molar-refractivity contribution in [2.75, 3.05) is 33.9 Å². The summed E-state index contributed by atoms with van der Waals surface area (Å²) in [6, 6.07) is 7.91. The minimum Gasteiger partial charge on any atom is -0.453 e. The van der Waals surface area contributed by atoms with Crippen LogP contribution < -0.4 is 5.32 Å². The van der Waals surface area contributed by atoms with Crippen molar-refractivity contribution >= 4 is 27.9 Å². The average molecular weight is 385 g/mol. The van der Waals surface area contributed by atoms with Gasteiger partial charge in [0.1, 0.15) is 6.54 Å². The number of likely N-dealkylation sites (N-methyl/N-ethyl adjacent to an activating group) is 1. The molecule has 1 aliphatic heterocycles. The van der Waals surface area contributed by atoms with E-state index in [4.69, 9.17) is 4.74 Å². The van der Waals surface area contributed by atoms with E-state index in [1.165, 1.54) is 19.1 Å². The predicted molar refractivity (Wildman–Crippen MR) is 89.1 cm³/mol. The van der Waals surface area contributed by atoms with Gasteiger partial charge >= 0.3 is 6.09 Å². The summed E-state index contributed by atoms with van der Waals surface area (Å²) in [7, 11) is 2.82. The highest BCUT2D eigenvalue weighted by Crippen LogP contribution is 2.33. The van der Waals surface area contributed by atoms with E-state index in [1.807, 2.05) is 24.3 Å². The number of amides is 2. The van der Waals surface area contributed by atoms with Gasteiger partial charge in [-0.3, -0.25) is 4.79 Å². The van der Waals surface area contributed by atoms with Crippen LogP contribution >= 0.6 is 15.9 Å². The fourth-order valence-corrected chi connectivity index (χ4v) is 3.13. The zero-order chi connectivity index (χ0) is 16.9. The van der Waals surface area contributed by atoms with Gasteiger partial charge in [-0.05, 0) is 30.5 Å². The minimum atomic E-state index is -0.538. The maximum absolute atomic E-state index is 12.4. The molecule has 0 saturated carbocycles. The molecule has 1 fully saturated rings. The summed E-state index contributed by atoms with van der Waals surface area (Å²) in [5.41, 5.74) is 0.556. The highest BCUT2D eigenvalue weighted by Gasteiger charge is 2.36. The molecule has 0 radical (unpaired) electrons. The van der Waals surface area contributed by atoms with Crippen molar-refractivity contribution in [2.45, 2.75) is 18.4 Å². The van der Waals surface area contributed by atoms with Gasteiger partial charge in [0, 0.05) is 24.7 Å². The molecule has 2 rings (SSSR count). The second-order valence-corrected chi connectivity index (χ2v) is 6.49. The molecular weight excluding hydrogens is 364 g/mol. The number of rotatable bonds is 4. The molecule has 0 bridgehead atoms. The number of halogens is 1. The van der Waals surface area contributed by atoms with Gasteiger partial charge in [0.25, 0.3) is 0 Å². The van der Waals surface area contributed by atoms with Crippen LogP contribution in [0.5, 0.6) is 0 Å². The molecule has 1 heterocycles. The maximum Gasteiger partial charge on any atom is 0.409 e. The van der Waals surface area contributed by atoms with Crippen LogP contribution in [0.3, 0.4) is 0 Å². The van der Waals surface area contributed by atoms with E-state index < -0.39 is 11.6 Å². The van der Waals surface area contributed by atoms with Crippen molar-refractivity contribution in [3.05, 3.63) is 34.3 Å². The largest absolute Gasteiger partial charge is 0.453 e. The van der Waals surface area contributed by atoms with Crippen molar-refractivity contribution in [2.24, 2.45) is 0 Å². The van der Waals surface area contributed by atoms with Crippen molar-refractivity contribution in [1.29, 1.82) is 0 Å². The molecule has 2 amide bonds. The number of nitrogens with one attached hydrogen (secondary N) is 1. The van der Waals surface area contributed by atoms with Crippen LogP contribution in [0.25, 0.3) is 0 Å². The van der Waals surface area contributed by atoms with Gasteiger partial charge in [-0.25, -0.2) is 4.79 Å². The number of hydrogen-bond acceptors (Lipinski definition) is 4. The minimum absolute atomic E-state index is 0.0523. The van der Waals surface area contributed by atoms with Gasteiger partial charge < -0.3 is 19.7 Å². The quantitative estimate of drug-likeness (QED) is 0.864. The summed E-state index contributed by atoms with van der Waals surface area (Å²) in [5.74, 6) is -0.222. The molecule has 1 saturated heterocycles. The molecule has 0 aromatic heterocycles. The lowest BCUT2D eigenvalue weighted by atomic mass is 9.82. The molecule has 7 heteroatoms. The third-order valence-electron chi connectivity index (χ3n) is 3.97. The molecule has 0 aliphatic carbocycles. The van der Waals surface area contributed by atoms with Crippen molar-refractivity contribution in [1.82, 2.24) is 10.2 Å². The maximum atomic E-state index is 12.4. The summed E-state index contributed by atoms with van der Waals surface area (Å²) in [6.07, 6.45) is 0.845. The van der Waals surface area contributed by atoms with Crippen molar-refractivity contribution < 1.29 is 19.1 Å². The standard InChI is InChI=1S/C16H21BrN2O4/c1-19(15(21)22-2)11-14(20)18-16(6-8-23-9-7-16)12-4-3-5-13(17)10-12/h3-5,10H,6-9,11H2,1-2H3,(H,18,20). The molecule has 1 N–H and O–H groups in total. The third kappa shape index (κ3) is 4.45. The predicted octanol–water partition coefficient (Wildman–Crippen LogP) is 2.27. The number of ether oxygens (including phenoxy) is 2. The monoisotopic (exact) mass is 384 g/mol. The van der Waals surface area contributed by atoms with Gasteiger partial charge in [-0.15, -0.1) is 0 Å². The van der Waals surface area contributed by atoms with Crippen LogP contribution in [0.2, 0.25) is 0 Å². The second kappa shape index (κ2) is 7.79. The molecular formula is C16H21BrN2O4. The van der Waals surface area contributed by atoms with Crippen LogP contribution in [0, 0.1) is 0 Å². The van der Waals surface area contributed by atoms with E-state index in [2.05, 4.69) is 26.0 Å². The Hall–Kier alpha value is -1.60. The molecule has 0 atom stereocenters. The number of methoxy groups -OCH3 is 1. The molecule has 0 spiro atoms. The summed E-state index contributed by atoms with van der Waals surface area (Å²) >= 11 is 3.47. The third-order valence-corrected chi connectivity index (χ3v) is 4.46. The Bertz CT molecular complexity index is 573. The molecule has 0 unspecified atom stereocenters. The first kappa shape index (κ1) is 17.7. The van der Waals surface area contributed by atoms with Crippen LogP contribution in [0.4, 0.5) is 4.79 Å². The highest BCUT2D eigenvalue weighted by molar-refractivity contribution is 9.10. The lowest BCUT2D eigenvalue weighted by molar-refractivity contribution is -0.125. The van der Waals surface area contributed by atoms with E-state index in [0.29, 0.717) is 26.1 Å². The number of carbonyl (C=O) groups is 2. The normalized spacial score (nSPS) is 16.5. The SMILES string of the molecule is COC(=O)N(C)CC(=O)NC1(c2cccc(Br)c2)CCOCC1. The van der Waals surface area contributed by atoms with E-state index >= 15 is 0 Å². The van der Waals surface area contributed by atoms with Gasteiger partial charge in [0.05, 0.1) is 12.6 Å². The summed E-state index contributed by atoms with van der Waals surface area (Å²) < 4.78 is 11.0. The number of benzene rings is 1. The number of nitrogens with zero attached hydrogens (tertiary/aromatic N) is 1. The summed E-state index contributed by atoms with van der Waals surface area (Å²) in [6.45, 7) is 1.11. The smallest absolute Gasteiger partial charge is 0.409 e. The lowest BCUT2D eigenvalue weighted by Crippen LogP contribution is -2.52. The molecule has 23 heavy (non-hydrogen) atoms. The first-order valence-corrected chi connectivity index (χ1v) is 8.20. The molecule has 126 valence electrons. The van der Waals surface area contributed by atoms with Crippen LogP contribution in [0.1, 0.15) is 18.4 Å². The zero-order valence-electron chi connectivity index (χ0n) is 13.3. The Labute approximate surface area is 144 Å². The average Bonchev–Trinajstić information content (AvgIpc) is 2.54. The summed E-state index contributed by atoms with van der Waals surface area (Å²) in [5, 5.41) is 3.10. The van der Waals surface area contributed by atoms with E-state index in [-0.39, 0.29) is 12.5 Å². The van der Waals surface area contributed by atoms with Gasteiger partial charge in [0.2, 0.25) is 5.91 Å². The molecule has 1 aromatic rings.